The summed E-state index contributed by atoms with van der Waals surface area (Å²) >= 11 is 0. The van der Waals surface area contributed by atoms with Crippen molar-refractivity contribution in [2.75, 3.05) is 0 Å². The number of hydrogen-bond donors (Lipinski definition) is 4. The number of nitrogens with two attached hydrogens (primary N) is 2. The van der Waals surface area contributed by atoms with E-state index in [9.17, 15) is 10.2 Å². The average molecular weight is 160 g/mol. The van der Waals surface area contributed by atoms with Gasteiger partial charge in [0, 0.05) is 18.0 Å². The van der Waals surface area contributed by atoms with Crippen LogP contribution in [-0.4, -0.2) is 34.5 Å². The Morgan fingerprint density at radius 2 is 1.45 bits per heavy atom. The first-order valence-corrected chi connectivity index (χ1v) is 3.91. The van der Waals surface area contributed by atoms with Crippen molar-refractivity contribution in [3.05, 3.63) is 0 Å². The Hall–Kier alpha value is -0.160. The molecule has 1 aliphatic rings. The summed E-state index contributed by atoms with van der Waals surface area (Å²) in [7, 11) is 0. The lowest BCUT2D eigenvalue weighted by Gasteiger charge is -2.38. The van der Waals surface area contributed by atoms with Crippen LogP contribution in [0.4, 0.5) is 0 Å². The van der Waals surface area contributed by atoms with E-state index in [-0.39, 0.29) is 18.0 Å². The molecule has 0 aromatic heterocycles. The van der Waals surface area contributed by atoms with Gasteiger partial charge in [-0.25, -0.2) is 0 Å². The van der Waals surface area contributed by atoms with Crippen LogP contribution in [0.15, 0.2) is 0 Å². The number of aliphatic hydroxyl groups excluding tert-OH is 2. The molecule has 0 radical (unpaired) electrons. The Morgan fingerprint density at radius 3 is 1.82 bits per heavy atom. The molecule has 66 valence electrons. The second-order valence-electron chi connectivity index (χ2n) is 3.40. The molecule has 1 fully saturated rings. The third-order valence-corrected chi connectivity index (χ3v) is 2.50. The highest BCUT2D eigenvalue weighted by atomic mass is 16.3. The molecule has 1 unspecified atom stereocenters. The zero-order valence-corrected chi connectivity index (χ0v) is 6.64. The second kappa shape index (κ2) is 3.06. The van der Waals surface area contributed by atoms with Crippen molar-refractivity contribution < 1.29 is 10.2 Å². The molecule has 4 heteroatoms. The summed E-state index contributed by atoms with van der Waals surface area (Å²) in [6, 6.07) is -0.577. The van der Waals surface area contributed by atoms with Crippen LogP contribution in [0.5, 0.6) is 0 Å². The van der Waals surface area contributed by atoms with Gasteiger partial charge in [0.2, 0.25) is 0 Å². The van der Waals surface area contributed by atoms with Crippen LogP contribution in [0.2, 0.25) is 0 Å². The number of rotatable bonds is 0. The minimum atomic E-state index is -0.621. The summed E-state index contributed by atoms with van der Waals surface area (Å²) in [6.07, 6.45) is -0.748. The fraction of sp³-hybridized carbons (Fsp3) is 1.00. The molecule has 0 aromatic rings. The standard InChI is InChI=1S/C7H16N2O2/c1-3-6(10)4(8)2-5(9)7(3)11/h3-7,10-11H,2,8-9H2,1H3/t3?,4-,5+,6-,7+. The molecule has 11 heavy (non-hydrogen) atoms. The normalized spacial score (nSPS) is 52.6. The van der Waals surface area contributed by atoms with Gasteiger partial charge in [-0.3, -0.25) is 0 Å². The predicted molar refractivity (Wildman–Crippen MR) is 41.7 cm³/mol. The zero-order chi connectivity index (χ0) is 8.59. The van der Waals surface area contributed by atoms with Gasteiger partial charge >= 0.3 is 0 Å². The van der Waals surface area contributed by atoms with Crippen molar-refractivity contribution in [1.82, 2.24) is 0 Å². The molecule has 0 saturated heterocycles. The largest absolute Gasteiger partial charge is 0.391 e. The monoisotopic (exact) mass is 160 g/mol. The molecule has 5 atom stereocenters. The van der Waals surface area contributed by atoms with Crippen LogP contribution in [0, 0.1) is 5.92 Å². The maximum atomic E-state index is 9.39. The Kier molecular flexibility index (Phi) is 2.49. The molecule has 1 saturated carbocycles. The quantitative estimate of drug-likeness (QED) is 0.343. The van der Waals surface area contributed by atoms with Crippen molar-refractivity contribution in [1.29, 1.82) is 0 Å². The molecule has 0 spiro atoms. The van der Waals surface area contributed by atoms with Gasteiger partial charge < -0.3 is 21.7 Å². The molecule has 0 heterocycles. The lowest BCUT2D eigenvalue weighted by Crippen LogP contribution is -2.57. The van der Waals surface area contributed by atoms with Gasteiger partial charge in [0.05, 0.1) is 12.2 Å². The van der Waals surface area contributed by atoms with Crippen LogP contribution in [0.25, 0.3) is 0 Å². The predicted octanol–water partition coefficient (Wildman–Crippen LogP) is -1.60. The van der Waals surface area contributed by atoms with E-state index < -0.39 is 12.2 Å². The van der Waals surface area contributed by atoms with Crippen LogP contribution in [-0.2, 0) is 0 Å². The van der Waals surface area contributed by atoms with E-state index in [1.165, 1.54) is 0 Å². The van der Waals surface area contributed by atoms with Gasteiger partial charge in [-0.05, 0) is 6.42 Å². The third-order valence-electron chi connectivity index (χ3n) is 2.50. The van der Waals surface area contributed by atoms with Crippen LogP contribution < -0.4 is 11.5 Å². The van der Waals surface area contributed by atoms with E-state index in [1.807, 2.05) is 0 Å². The Morgan fingerprint density at radius 1 is 1.09 bits per heavy atom. The van der Waals surface area contributed by atoms with Gasteiger partial charge in [-0.15, -0.1) is 0 Å². The summed E-state index contributed by atoms with van der Waals surface area (Å²) in [5, 5.41) is 18.8. The Balaban J connectivity index is 2.63. The smallest absolute Gasteiger partial charge is 0.0742 e. The van der Waals surface area contributed by atoms with Crippen molar-refractivity contribution in [2.45, 2.75) is 37.6 Å². The van der Waals surface area contributed by atoms with E-state index >= 15 is 0 Å². The molecule has 1 rings (SSSR count). The van der Waals surface area contributed by atoms with E-state index in [1.54, 1.807) is 6.92 Å². The molecule has 0 bridgehead atoms. The van der Waals surface area contributed by atoms with Gasteiger partial charge in [0.15, 0.2) is 0 Å². The summed E-state index contributed by atoms with van der Waals surface area (Å²) in [5.41, 5.74) is 11.2. The fourth-order valence-electron chi connectivity index (χ4n) is 1.57. The maximum Gasteiger partial charge on any atom is 0.0742 e. The zero-order valence-electron chi connectivity index (χ0n) is 6.64. The molecule has 0 amide bonds. The first-order chi connectivity index (χ1) is 5.04. The Labute approximate surface area is 66.2 Å². The summed E-state index contributed by atoms with van der Waals surface area (Å²) in [4.78, 5) is 0. The van der Waals surface area contributed by atoms with E-state index in [4.69, 9.17) is 11.5 Å². The third kappa shape index (κ3) is 1.54. The lowest BCUT2D eigenvalue weighted by molar-refractivity contribution is -0.0370. The molecule has 6 N–H and O–H groups in total. The highest BCUT2D eigenvalue weighted by Gasteiger charge is 2.37. The van der Waals surface area contributed by atoms with Crippen LogP contribution >= 0.6 is 0 Å². The number of hydrogen-bond acceptors (Lipinski definition) is 4. The van der Waals surface area contributed by atoms with E-state index in [2.05, 4.69) is 0 Å². The Bertz CT molecular complexity index is 128. The number of aliphatic hydroxyl groups is 2. The van der Waals surface area contributed by atoms with E-state index in [0.29, 0.717) is 6.42 Å². The van der Waals surface area contributed by atoms with Crippen LogP contribution in [0.3, 0.4) is 0 Å². The molecular weight excluding hydrogens is 144 g/mol. The summed E-state index contributed by atoms with van der Waals surface area (Å²) < 4.78 is 0. The maximum absolute atomic E-state index is 9.39. The van der Waals surface area contributed by atoms with Crippen molar-refractivity contribution in [3.8, 4) is 0 Å². The van der Waals surface area contributed by atoms with Crippen LogP contribution in [0.1, 0.15) is 13.3 Å². The molecule has 0 aliphatic heterocycles. The van der Waals surface area contributed by atoms with Crippen molar-refractivity contribution >= 4 is 0 Å². The first-order valence-electron chi connectivity index (χ1n) is 3.91. The summed E-state index contributed by atoms with van der Waals surface area (Å²) in [6.45, 7) is 1.76. The molecular formula is C7H16N2O2. The van der Waals surface area contributed by atoms with Gasteiger partial charge in [-0.1, -0.05) is 6.92 Å². The highest BCUT2D eigenvalue weighted by Crippen LogP contribution is 2.22. The molecule has 0 aromatic carbocycles. The van der Waals surface area contributed by atoms with Gasteiger partial charge in [0.25, 0.3) is 0 Å². The topological polar surface area (TPSA) is 92.5 Å². The SMILES string of the molecule is CC1[C@@H](O)[C@H](N)C[C@H](N)[C@H]1O. The van der Waals surface area contributed by atoms with E-state index in [0.717, 1.165) is 0 Å². The first kappa shape index (κ1) is 8.93. The van der Waals surface area contributed by atoms with Gasteiger partial charge in [-0.2, -0.15) is 0 Å². The molecule has 4 nitrogen and oxygen atoms in total. The minimum Gasteiger partial charge on any atom is -0.391 e. The average Bonchev–Trinajstić information content (AvgIpc) is 1.97. The fourth-order valence-corrected chi connectivity index (χ4v) is 1.57. The highest BCUT2D eigenvalue weighted by molar-refractivity contribution is 4.94. The van der Waals surface area contributed by atoms with Gasteiger partial charge in [0.1, 0.15) is 0 Å². The summed E-state index contributed by atoms with van der Waals surface area (Å²) in [5.74, 6) is -0.214. The lowest BCUT2D eigenvalue weighted by atomic mass is 9.79. The van der Waals surface area contributed by atoms with Crippen molar-refractivity contribution in [3.63, 3.8) is 0 Å². The second-order valence-corrected chi connectivity index (χ2v) is 3.40. The molecule has 1 aliphatic carbocycles. The van der Waals surface area contributed by atoms with Crippen molar-refractivity contribution in [2.24, 2.45) is 17.4 Å². The minimum absolute atomic E-state index is 0.214.